The number of nitrogens with zero attached hydrogens (tertiary/aromatic N) is 3. The van der Waals surface area contributed by atoms with Crippen molar-refractivity contribution in [3.05, 3.63) is 138 Å². The Bertz CT molecular complexity index is 2720. The van der Waals surface area contributed by atoms with Crippen molar-refractivity contribution in [3.63, 3.8) is 0 Å². The predicted molar refractivity (Wildman–Crippen MR) is 190 cm³/mol. The van der Waals surface area contributed by atoms with Gasteiger partial charge in [-0.15, -0.1) is 0 Å². The molecule has 10 rings (SSSR count). The van der Waals surface area contributed by atoms with Gasteiger partial charge in [0.05, 0.1) is 27.5 Å². The Kier molecular flexibility index (Phi) is 5.02. The van der Waals surface area contributed by atoms with Gasteiger partial charge in [0.15, 0.2) is 0 Å². The number of aromatic nitrogens is 3. The minimum atomic E-state index is -0.208. The molecule has 3 aromatic heterocycles. The summed E-state index contributed by atoms with van der Waals surface area (Å²) in [5, 5.41) is 4.87. The first-order valence-electron chi connectivity index (χ1n) is 16.1. The summed E-state index contributed by atoms with van der Waals surface area (Å²) < 4.78 is 11.7. The van der Waals surface area contributed by atoms with Crippen LogP contribution in [0, 0.1) is 0 Å². The van der Waals surface area contributed by atoms with Gasteiger partial charge in [-0.05, 0) is 59.2 Å². The number of para-hydroxylation sites is 4. The molecule has 6 aromatic carbocycles. The maximum atomic E-state index is 6.88. The molecule has 0 spiro atoms. The van der Waals surface area contributed by atoms with Crippen LogP contribution in [0.3, 0.4) is 0 Å². The maximum absolute atomic E-state index is 6.88. The van der Waals surface area contributed by atoms with Gasteiger partial charge in [-0.2, -0.15) is 0 Å². The van der Waals surface area contributed by atoms with E-state index in [1.165, 1.54) is 49.4 Å². The zero-order chi connectivity index (χ0) is 30.7. The summed E-state index contributed by atoms with van der Waals surface area (Å²) in [7, 11) is 0. The molecule has 0 atom stereocenters. The molecular formula is C42H31N3O. The van der Waals surface area contributed by atoms with Gasteiger partial charge in [0, 0.05) is 44.9 Å². The Morgan fingerprint density at radius 3 is 2.22 bits per heavy atom. The van der Waals surface area contributed by atoms with Gasteiger partial charge < -0.3 is 8.98 Å². The fourth-order valence-electron chi connectivity index (χ4n) is 8.33. The van der Waals surface area contributed by atoms with Crippen LogP contribution in [-0.2, 0) is 11.8 Å². The number of hydrogen-bond donors (Lipinski definition) is 0. The highest BCUT2D eigenvalue weighted by molar-refractivity contribution is 6.30. The quantitative estimate of drug-likeness (QED) is 0.204. The van der Waals surface area contributed by atoms with E-state index in [9.17, 15) is 0 Å². The number of fused-ring (bicyclic) bond motifs is 13. The van der Waals surface area contributed by atoms with E-state index >= 15 is 0 Å². The lowest BCUT2D eigenvalue weighted by molar-refractivity contribution is 0.658. The van der Waals surface area contributed by atoms with E-state index in [2.05, 4.69) is 151 Å². The fraction of sp³-hybridized carbons (Fsp3) is 0.119. The summed E-state index contributed by atoms with van der Waals surface area (Å²) in [5.41, 5.74) is 13.6. The highest BCUT2D eigenvalue weighted by atomic mass is 16.3. The normalized spacial score (nSPS) is 13.8. The Balaban J connectivity index is 1.40. The zero-order valence-electron chi connectivity index (χ0n) is 26.0. The molecule has 0 radical (unpaired) electrons. The molecule has 4 heteroatoms. The number of hydrogen-bond acceptors (Lipinski definition) is 2. The molecule has 1 aliphatic rings. The van der Waals surface area contributed by atoms with E-state index in [4.69, 9.17) is 9.40 Å². The first-order chi connectivity index (χ1) is 22.6. The molecular weight excluding hydrogens is 562 g/mol. The van der Waals surface area contributed by atoms with Crippen molar-refractivity contribution in [2.75, 3.05) is 0 Å². The summed E-state index contributed by atoms with van der Waals surface area (Å²) in [5.74, 6) is 1.06. The van der Waals surface area contributed by atoms with E-state index in [-0.39, 0.29) is 5.41 Å². The van der Waals surface area contributed by atoms with Crippen LogP contribution in [0.1, 0.15) is 37.7 Å². The monoisotopic (exact) mass is 593 g/mol. The smallest absolute Gasteiger partial charge is 0.145 e. The van der Waals surface area contributed by atoms with Gasteiger partial charge in [0.2, 0.25) is 0 Å². The van der Waals surface area contributed by atoms with E-state index in [1.807, 2.05) is 0 Å². The van der Waals surface area contributed by atoms with Crippen LogP contribution in [0.4, 0.5) is 0 Å². The topological polar surface area (TPSA) is 35.9 Å². The molecule has 0 unspecified atom stereocenters. The molecule has 0 fully saturated rings. The molecule has 9 aromatic rings. The third kappa shape index (κ3) is 3.16. The van der Waals surface area contributed by atoms with Crippen LogP contribution in [0.15, 0.2) is 126 Å². The van der Waals surface area contributed by atoms with Gasteiger partial charge >= 0.3 is 0 Å². The summed E-state index contributed by atoms with van der Waals surface area (Å²) in [4.78, 5) is 4.99. The first kappa shape index (κ1) is 25.7. The largest absolute Gasteiger partial charge is 0.455 e. The summed E-state index contributed by atoms with van der Waals surface area (Å²) in [6.45, 7) is 6.92. The van der Waals surface area contributed by atoms with E-state index in [0.717, 1.165) is 51.2 Å². The second-order valence-corrected chi connectivity index (χ2v) is 13.0. The van der Waals surface area contributed by atoms with Crippen molar-refractivity contribution in [3.8, 4) is 22.5 Å². The van der Waals surface area contributed by atoms with Gasteiger partial charge in [-0.25, -0.2) is 4.98 Å². The Morgan fingerprint density at radius 1 is 0.674 bits per heavy atom. The van der Waals surface area contributed by atoms with Gasteiger partial charge in [-0.1, -0.05) is 99.6 Å². The van der Waals surface area contributed by atoms with E-state index in [1.54, 1.807) is 0 Å². The number of benzene rings is 6. The second-order valence-electron chi connectivity index (χ2n) is 13.0. The molecule has 46 heavy (non-hydrogen) atoms. The molecule has 1 aliphatic carbocycles. The SMILES string of the molecule is CCc1nc2ccccc2n1-c1cccc(-n2c3ccccc3c3c4c(c5oc6ccccc6c5c32)-c2ccccc2C4(C)C)c1. The van der Waals surface area contributed by atoms with Crippen molar-refractivity contribution in [2.45, 2.75) is 32.6 Å². The third-order valence-electron chi connectivity index (χ3n) is 10.2. The summed E-state index contributed by atoms with van der Waals surface area (Å²) in [6, 6.07) is 43.6. The average Bonchev–Trinajstić information content (AvgIpc) is 3.81. The Labute approximate surface area is 266 Å². The fourth-order valence-corrected chi connectivity index (χ4v) is 8.33. The van der Waals surface area contributed by atoms with Crippen molar-refractivity contribution in [2.24, 2.45) is 0 Å². The van der Waals surface area contributed by atoms with Gasteiger partial charge in [-0.3, -0.25) is 4.57 Å². The highest BCUT2D eigenvalue weighted by Crippen LogP contribution is 2.57. The minimum absolute atomic E-state index is 0.208. The lowest BCUT2D eigenvalue weighted by Gasteiger charge is -2.23. The molecule has 0 amide bonds. The van der Waals surface area contributed by atoms with E-state index < -0.39 is 0 Å². The molecule has 4 nitrogen and oxygen atoms in total. The van der Waals surface area contributed by atoms with Crippen molar-refractivity contribution < 1.29 is 4.42 Å². The van der Waals surface area contributed by atoms with Crippen LogP contribution >= 0.6 is 0 Å². The number of rotatable bonds is 3. The van der Waals surface area contributed by atoms with Gasteiger partial charge in [0.1, 0.15) is 17.0 Å². The summed E-state index contributed by atoms with van der Waals surface area (Å²) in [6.07, 6.45) is 0.845. The van der Waals surface area contributed by atoms with Crippen LogP contribution in [0.5, 0.6) is 0 Å². The summed E-state index contributed by atoms with van der Waals surface area (Å²) >= 11 is 0. The lowest BCUT2D eigenvalue weighted by Crippen LogP contribution is -2.15. The predicted octanol–water partition coefficient (Wildman–Crippen LogP) is 10.9. The number of aryl methyl sites for hydroxylation is 1. The second kappa shape index (κ2) is 8.98. The van der Waals surface area contributed by atoms with Crippen molar-refractivity contribution in [1.82, 2.24) is 14.1 Å². The molecule has 0 saturated heterocycles. The molecule has 3 heterocycles. The Hall–Kier alpha value is -5.61. The zero-order valence-corrected chi connectivity index (χ0v) is 26.0. The van der Waals surface area contributed by atoms with Crippen molar-refractivity contribution in [1.29, 1.82) is 0 Å². The first-order valence-corrected chi connectivity index (χ1v) is 16.1. The minimum Gasteiger partial charge on any atom is -0.455 e. The third-order valence-corrected chi connectivity index (χ3v) is 10.2. The standard InChI is InChI=1S/C42H31N3O/c1-4-35-43-31-20-9-11-22-33(31)44(35)25-14-13-15-26(24-25)45-32-21-10-6-17-28(32)36-39-37(27-16-5-8-19-30(27)42(39,2)3)41-38(40(36)45)29-18-7-12-23-34(29)46-41/h5-24H,4H2,1-3H3. The van der Waals surface area contributed by atoms with Crippen LogP contribution in [0.25, 0.3) is 77.3 Å². The average molecular weight is 594 g/mol. The lowest BCUT2D eigenvalue weighted by atomic mass is 9.80. The highest BCUT2D eigenvalue weighted by Gasteiger charge is 2.41. The number of furan rings is 1. The molecule has 0 bridgehead atoms. The molecule has 0 N–H and O–H groups in total. The van der Waals surface area contributed by atoms with Crippen LogP contribution < -0.4 is 0 Å². The van der Waals surface area contributed by atoms with E-state index in [0.29, 0.717) is 0 Å². The van der Waals surface area contributed by atoms with Crippen LogP contribution in [0.2, 0.25) is 0 Å². The van der Waals surface area contributed by atoms with Crippen molar-refractivity contribution >= 4 is 54.8 Å². The molecule has 0 saturated carbocycles. The van der Waals surface area contributed by atoms with Crippen LogP contribution in [-0.4, -0.2) is 14.1 Å². The maximum Gasteiger partial charge on any atom is 0.145 e. The van der Waals surface area contributed by atoms with Gasteiger partial charge in [0.25, 0.3) is 0 Å². The Morgan fingerprint density at radius 2 is 1.37 bits per heavy atom. The number of imidazole rings is 1. The molecule has 0 aliphatic heterocycles. The molecule has 220 valence electrons.